The van der Waals surface area contributed by atoms with Crippen molar-refractivity contribution in [1.29, 1.82) is 15.8 Å². The van der Waals surface area contributed by atoms with Crippen molar-refractivity contribution >= 4 is 11.6 Å². The fourth-order valence-electron chi connectivity index (χ4n) is 2.56. The second kappa shape index (κ2) is 8.36. The summed E-state index contributed by atoms with van der Waals surface area (Å²) in [6, 6.07) is 12.4. The largest absolute Gasteiger partial charge is 0.345 e. The smallest absolute Gasteiger partial charge is 0.222 e. The normalized spacial score (nSPS) is 12.6. The van der Waals surface area contributed by atoms with Gasteiger partial charge in [0, 0.05) is 25.2 Å². The average molecular weight is 319 g/mol. The van der Waals surface area contributed by atoms with E-state index < -0.39 is 0 Å². The van der Waals surface area contributed by atoms with Crippen molar-refractivity contribution < 1.29 is 4.79 Å². The molecule has 1 N–H and O–H groups in total. The highest BCUT2D eigenvalue weighted by Crippen LogP contribution is 2.16. The second-order valence-corrected chi connectivity index (χ2v) is 5.50. The molecule has 1 aromatic carbocycles. The molecule has 2 rings (SSSR count). The first-order valence-electron chi connectivity index (χ1n) is 7.76. The molecule has 1 saturated heterocycles. The van der Waals surface area contributed by atoms with Crippen molar-refractivity contribution in [2.45, 2.75) is 25.7 Å². The summed E-state index contributed by atoms with van der Waals surface area (Å²) < 4.78 is 0. The lowest BCUT2D eigenvalue weighted by atomic mass is 10.1. The summed E-state index contributed by atoms with van der Waals surface area (Å²) in [7, 11) is 0. The first kappa shape index (κ1) is 17.1. The number of benzene rings is 1. The van der Waals surface area contributed by atoms with Crippen LogP contribution in [0.15, 0.2) is 35.5 Å². The molecule has 0 unspecified atom stereocenters. The molecule has 0 aliphatic carbocycles. The molecular formula is C18H17N5O. The van der Waals surface area contributed by atoms with E-state index in [0.29, 0.717) is 18.5 Å². The van der Waals surface area contributed by atoms with E-state index in [-0.39, 0.29) is 17.2 Å². The Labute approximate surface area is 141 Å². The van der Waals surface area contributed by atoms with Gasteiger partial charge in [-0.05, 0) is 37.0 Å². The molecule has 1 aliphatic heterocycles. The van der Waals surface area contributed by atoms with Crippen LogP contribution in [0.2, 0.25) is 0 Å². The van der Waals surface area contributed by atoms with E-state index >= 15 is 0 Å². The molecule has 6 nitrogen and oxygen atoms in total. The fourth-order valence-corrected chi connectivity index (χ4v) is 2.56. The Morgan fingerprint density at radius 3 is 2.21 bits per heavy atom. The number of hydrogen-bond acceptors (Lipinski definition) is 5. The van der Waals surface area contributed by atoms with Gasteiger partial charge in [-0.3, -0.25) is 4.79 Å². The van der Waals surface area contributed by atoms with Crippen molar-refractivity contribution in [1.82, 2.24) is 4.90 Å². The SMILES string of the molecule is N#CC(C#N)=C(C#N)Nc1ccc(CCC(=O)N2CCCC2)cc1. The van der Waals surface area contributed by atoms with Crippen LogP contribution < -0.4 is 5.32 Å². The van der Waals surface area contributed by atoms with Crippen LogP contribution in [0.3, 0.4) is 0 Å². The van der Waals surface area contributed by atoms with Crippen LogP contribution in [0, 0.1) is 34.0 Å². The Kier molecular flexibility index (Phi) is 5.95. The lowest BCUT2D eigenvalue weighted by molar-refractivity contribution is -0.130. The van der Waals surface area contributed by atoms with Gasteiger partial charge in [0.25, 0.3) is 0 Å². The summed E-state index contributed by atoms with van der Waals surface area (Å²) >= 11 is 0. The van der Waals surface area contributed by atoms with Crippen molar-refractivity contribution in [2.24, 2.45) is 0 Å². The van der Waals surface area contributed by atoms with Gasteiger partial charge in [0.1, 0.15) is 23.9 Å². The molecule has 0 aromatic heterocycles. The van der Waals surface area contributed by atoms with Crippen molar-refractivity contribution in [3.8, 4) is 18.2 Å². The minimum absolute atomic E-state index is 0.0723. The van der Waals surface area contributed by atoms with Crippen molar-refractivity contribution in [3.63, 3.8) is 0 Å². The van der Waals surface area contributed by atoms with Crippen LogP contribution in [0.1, 0.15) is 24.8 Å². The quantitative estimate of drug-likeness (QED) is 0.840. The lowest BCUT2D eigenvalue weighted by Crippen LogP contribution is -2.27. The van der Waals surface area contributed by atoms with Gasteiger partial charge < -0.3 is 10.2 Å². The van der Waals surface area contributed by atoms with Gasteiger partial charge >= 0.3 is 0 Å². The number of hydrogen-bond donors (Lipinski definition) is 1. The van der Waals surface area contributed by atoms with E-state index in [1.165, 1.54) is 0 Å². The molecule has 1 heterocycles. The van der Waals surface area contributed by atoms with Gasteiger partial charge in [0.2, 0.25) is 5.91 Å². The van der Waals surface area contributed by atoms with Crippen LogP contribution in [0.4, 0.5) is 5.69 Å². The van der Waals surface area contributed by atoms with Crippen LogP contribution in [0.25, 0.3) is 0 Å². The van der Waals surface area contributed by atoms with Crippen LogP contribution >= 0.6 is 0 Å². The third-order valence-electron chi connectivity index (χ3n) is 3.89. The van der Waals surface area contributed by atoms with E-state index in [1.54, 1.807) is 24.3 Å². The number of carbonyl (C=O) groups is 1. The number of nitriles is 3. The minimum Gasteiger partial charge on any atom is -0.345 e. The summed E-state index contributed by atoms with van der Waals surface area (Å²) in [4.78, 5) is 13.9. The monoisotopic (exact) mass is 319 g/mol. The van der Waals surface area contributed by atoms with Crippen LogP contribution in [0.5, 0.6) is 0 Å². The topological polar surface area (TPSA) is 104 Å². The average Bonchev–Trinajstić information content (AvgIpc) is 3.15. The van der Waals surface area contributed by atoms with Gasteiger partial charge in [0.05, 0.1) is 0 Å². The van der Waals surface area contributed by atoms with E-state index in [9.17, 15) is 4.79 Å². The number of rotatable bonds is 5. The summed E-state index contributed by atoms with van der Waals surface area (Å²) in [5.41, 5.74) is 1.32. The summed E-state index contributed by atoms with van der Waals surface area (Å²) in [6.07, 6.45) is 3.34. The van der Waals surface area contributed by atoms with E-state index in [4.69, 9.17) is 15.8 Å². The van der Waals surface area contributed by atoms with E-state index in [0.717, 1.165) is 31.5 Å². The van der Waals surface area contributed by atoms with Gasteiger partial charge in [-0.15, -0.1) is 0 Å². The summed E-state index contributed by atoms with van der Waals surface area (Å²) in [5, 5.41) is 29.4. The van der Waals surface area contributed by atoms with Crippen molar-refractivity contribution in [2.75, 3.05) is 18.4 Å². The molecule has 1 amide bonds. The third-order valence-corrected chi connectivity index (χ3v) is 3.89. The first-order valence-corrected chi connectivity index (χ1v) is 7.76. The molecule has 0 saturated carbocycles. The highest BCUT2D eigenvalue weighted by atomic mass is 16.2. The Morgan fingerprint density at radius 1 is 1.04 bits per heavy atom. The molecule has 0 bridgehead atoms. The zero-order chi connectivity index (χ0) is 17.4. The van der Waals surface area contributed by atoms with Gasteiger partial charge in [-0.2, -0.15) is 15.8 Å². The first-order chi connectivity index (χ1) is 11.7. The molecule has 0 atom stereocenters. The Morgan fingerprint density at radius 2 is 1.67 bits per heavy atom. The molecule has 24 heavy (non-hydrogen) atoms. The van der Waals surface area contributed by atoms with Crippen molar-refractivity contribution in [3.05, 3.63) is 41.1 Å². The number of likely N-dealkylation sites (tertiary alicyclic amines) is 1. The van der Waals surface area contributed by atoms with Gasteiger partial charge in [0.15, 0.2) is 5.57 Å². The standard InChI is InChI=1S/C18H17N5O/c19-11-15(12-20)17(13-21)22-16-6-3-14(4-7-16)5-8-18(24)23-9-1-2-10-23/h3-4,6-7,22H,1-2,5,8-10H2. The number of carbonyl (C=O) groups excluding carboxylic acids is 1. The Balaban J connectivity index is 1.95. The van der Waals surface area contributed by atoms with Gasteiger partial charge in [-0.1, -0.05) is 12.1 Å². The van der Waals surface area contributed by atoms with Gasteiger partial charge in [-0.25, -0.2) is 0 Å². The maximum absolute atomic E-state index is 12.0. The highest BCUT2D eigenvalue weighted by Gasteiger charge is 2.17. The highest BCUT2D eigenvalue weighted by molar-refractivity contribution is 5.76. The third kappa shape index (κ3) is 4.35. The van der Waals surface area contributed by atoms with E-state index in [2.05, 4.69) is 5.32 Å². The molecule has 1 aliphatic rings. The molecule has 1 aromatic rings. The van der Waals surface area contributed by atoms with Crippen LogP contribution in [-0.2, 0) is 11.2 Å². The number of anilines is 1. The number of aryl methyl sites for hydroxylation is 1. The lowest BCUT2D eigenvalue weighted by Gasteiger charge is -2.15. The maximum atomic E-state index is 12.0. The zero-order valence-corrected chi connectivity index (χ0v) is 13.2. The summed E-state index contributed by atoms with van der Waals surface area (Å²) in [5.74, 6) is 0.192. The number of nitrogens with zero attached hydrogens (tertiary/aromatic N) is 4. The predicted molar refractivity (Wildman–Crippen MR) is 88.1 cm³/mol. The number of nitrogens with one attached hydrogen (secondary N) is 1. The minimum atomic E-state index is -0.252. The second-order valence-electron chi connectivity index (χ2n) is 5.50. The van der Waals surface area contributed by atoms with Crippen LogP contribution in [-0.4, -0.2) is 23.9 Å². The Hall–Kier alpha value is -3.30. The Bertz CT molecular complexity index is 737. The number of allylic oxidation sites excluding steroid dienone is 2. The number of amides is 1. The van der Waals surface area contributed by atoms with E-state index in [1.807, 2.05) is 23.1 Å². The summed E-state index contributed by atoms with van der Waals surface area (Å²) in [6.45, 7) is 1.73. The zero-order valence-electron chi connectivity index (χ0n) is 13.2. The molecule has 6 heteroatoms. The fraction of sp³-hybridized carbons (Fsp3) is 0.333. The molecule has 120 valence electrons. The molecule has 0 spiro atoms. The maximum Gasteiger partial charge on any atom is 0.222 e. The molecule has 1 fully saturated rings. The predicted octanol–water partition coefficient (Wildman–Crippen LogP) is 2.48. The molecule has 0 radical (unpaired) electrons. The molecular weight excluding hydrogens is 302 g/mol.